The van der Waals surface area contributed by atoms with Crippen molar-refractivity contribution in [1.29, 1.82) is 0 Å². The monoisotopic (exact) mass is 314 g/mol. The van der Waals surface area contributed by atoms with Crippen molar-refractivity contribution in [3.8, 4) is 0 Å². The summed E-state index contributed by atoms with van der Waals surface area (Å²) in [5.41, 5.74) is 1.04. The molecular weight excluding hydrogens is 303 g/mol. The van der Waals surface area contributed by atoms with Crippen molar-refractivity contribution >= 4 is 39.8 Å². The molecule has 1 aromatic heterocycles. The molecule has 1 aromatic carbocycles. The van der Waals surface area contributed by atoms with Crippen LogP contribution >= 0.6 is 23.1 Å². The average molecular weight is 315 g/mol. The number of carbonyl (C=O) groups excluding carboxylic acids is 1. The van der Waals surface area contributed by atoms with Gasteiger partial charge in [-0.3, -0.25) is 0 Å². The second-order valence-corrected chi connectivity index (χ2v) is 5.15. The molecule has 0 spiro atoms. The molecule has 0 fully saturated rings. The maximum absolute atomic E-state index is 13.7. The Bertz CT molecular complexity index is 645. The van der Waals surface area contributed by atoms with E-state index < -0.39 is 11.8 Å². The van der Waals surface area contributed by atoms with E-state index in [1.807, 2.05) is 0 Å². The Hall–Kier alpha value is -1.66. The van der Waals surface area contributed by atoms with E-state index in [9.17, 15) is 9.18 Å². The highest BCUT2D eigenvalue weighted by molar-refractivity contribution is 7.10. The summed E-state index contributed by atoms with van der Waals surface area (Å²) >= 11 is 6.90. The Kier molecular flexibility index (Phi) is 4.57. The van der Waals surface area contributed by atoms with Gasteiger partial charge >= 0.3 is 5.97 Å². The SMILES string of the molecule is CCOC(=O)c1c(C)nsc1Nc1cc(Cl)ccc1F. The topological polar surface area (TPSA) is 51.2 Å². The number of ether oxygens (including phenoxy) is 1. The van der Waals surface area contributed by atoms with Crippen LogP contribution in [0.5, 0.6) is 0 Å². The second-order valence-electron chi connectivity index (χ2n) is 3.94. The number of hydrogen-bond acceptors (Lipinski definition) is 5. The van der Waals surface area contributed by atoms with E-state index in [0.717, 1.165) is 11.5 Å². The van der Waals surface area contributed by atoms with E-state index in [-0.39, 0.29) is 12.3 Å². The van der Waals surface area contributed by atoms with Gasteiger partial charge < -0.3 is 10.1 Å². The van der Waals surface area contributed by atoms with E-state index in [0.29, 0.717) is 21.3 Å². The van der Waals surface area contributed by atoms with Crippen molar-refractivity contribution < 1.29 is 13.9 Å². The number of aryl methyl sites for hydroxylation is 1. The summed E-state index contributed by atoms with van der Waals surface area (Å²) in [6.45, 7) is 3.68. The molecular formula is C13H12ClFN2O2S. The zero-order valence-corrected chi connectivity index (χ0v) is 12.4. The van der Waals surface area contributed by atoms with Gasteiger partial charge in [-0.25, -0.2) is 9.18 Å². The third-order valence-corrected chi connectivity index (χ3v) is 3.61. The fourth-order valence-electron chi connectivity index (χ4n) is 1.61. The van der Waals surface area contributed by atoms with E-state index in [2.05, 4.69) is 9.69 Å². The summed E-state index contributed by atoms with van der Waals surface area (Å²) in [7, 11) is 0. The smallest absolute Gasteiger partial charge is 0.343 e. The van der Waals surface area contributed by atoms with Crippen LogP contribution in [0.15, 0.2) is 18.2 Å². The summed E-state index contributed by atoms with van der Waals surface area (Å²) in [6.07, 6.45) is 0. The third kappa shape index (κ3) is 3.08. The molecule has 0 atom stereocenters. The number of anilines is 2. The van der Waals surface area contributed by atoms with Gasteiger partial charge in [-0.15, -0.1) is 0 Å². The average Bonchev–Trinajstić information content (AvgIpc) is 2.75. The number of nitrogens with one attached hydrogen (secondary N) is 1. The molecule has 0 radical (unpaired) electrons. The molecule has 0 bridgehead atoms. The summed E-state index contributed by atoms with van der Waals surface area (Å²) < 4.78 is 22.7. The fraction of sp³-hybridized carbons (Fsp3) is 0.231. The first-order chi connectivity index (χ1) is 9.52. The minimum absolute atomic E-state index is 0.187. The number of nitrogens with zero attached hydrogens (tertiary/aromatic N) is 1. The Morgan fingerprint density at radius 2 is 2.30 bits per heavy atom. The Morgan fingerprint density at radius 3 is 3.00 bits per heavy atom. The molecule has 0 aliphatic heterocycles. The zero-order valence-electron chi connectivity index (χ0n) is 10.9. The number of carbonyl (C=O) groups is 1. The third-order valence-electron chi connectivity index (χ3n) is 2.52. The molecule has 0 unspecified atom stereocenters. The highest BCUT2D eigenvalue weighted by atomic mass is 35.5. The lowest BCUT2D eigenvalue weighted by atomic mass is 10.2. The van der Waals surface area contributed by atoms with Crippen molar-refractivity contribution in [3.05, 3.63) is 40.3 Å². The first-order valence-electron chi connectivity index (χ1n) is 5.88. The van der Waals surface area contributed by atoms with Gasteiger partial charge in [0.25, 0.3) is 0 Å². The normalized spacial score (nSPS) is 10.4. The van der Waals surface area contributed by atoms with Crippen LogP contribution in [0.2, 0.25) is 5.02 Å². The minimum atomic E-state index is -0.483. The molecule has 0 aliphatic carbocycles. The largest absolute Gasteiger partial charge is 0.462 e. The lowest BCUT2D eigenvalue weighted by molar-refractivity contribution is 0.0527. The number of aromatic nitrogens is 1. The van der Waals surface area contributed by atoms with Gasteiger partial charge in [-0.1, -0.05) is 11.6 Å². The first kappa shape index (κ1) is 14.7. The van der Waals surface area contributed by atoms with Crippen LogP contribution in [0, 0.1) is 12.7 Å². The zero-order chi connectivity index (χ0) is 14.7. The van der Waals surface area contributed by atoms with Gasteiger partial charge in [0.1, 0.15) is 16.4 Å². The molecule has 0 saturated carbocycles. The number of benzene rings is 1. The van der Waals surface area contributed by atoms with Gasteiger partial charge in [0, 0.05) is 5.02 Å². The van der Waals surface area contributed by atoms with Gasteiger partial charge in [-0.2, -0.15) is 4.37 Å². The minimum Gasteiger partial charge on any atom is -0.462 e. The molecule has 0 saturated heterocycles. The van der Waals surface area contributed by atoms with Crippen LogP contribution in [0.1, 0.15) is 23.0 Å². The summed E-state index contributed by atoms with van der Waals surface area (Å²) in [5, 5.41) is 3.67. The van der Waals surface area contributed by atoms with Crippen LogP contribution in [0.4, 0.5) is 15.1 Å². The van der Waals surface area contributed by atoms with Gasteiger partial charge in [0.05, 0.1) is 18.0 Å². The van der Waals surface area contributed by atoms with Crippen LogP contribution in [-0.2, 0) is 4.74 Å². The fourth-order valence-corrected chi connectivity index (χ4v) is 2.58. The number of esters is 1. The summed E-state index contributed by atoms with van der Waals surface area (Å²) in [4.78, 5) is 11.9. The lowest BCUT2D eigenvalue weighted by Crippen LogP contribution is -2.07. The highest BCUT2D eigenvalue weighted by Gasteiger charge is 2.20. The van der Waals surface area contributed by atoms with E-state index in [4.69, 9.17) is 16.3 Å². The Balaban J connectivity index is 2.34. The van der Waals surface area contributed by atoms with Crippen molar-refractivity contribution in [1.82, 2.24) is 4.37 Å². The van der Waals surface area contributed by atoms with E-state index in [1.54, 1.807) is 13.8 Å². The first-order valence-corrected chi connectivity index (χ1v) is 7.03. The van der Waals surface area contributed by atoms with Crippen molar-refractivity contribution in [2.45, 2.75) is 13.8 Å². The molecule has 0 amide bonds. The molecule has 20 heavy (non-hydrogen) atoms. The standard InChI is InChI=1S/C13H12ClFN2O2S/c1-3-19-13(18)11-7(2)17-20-12(11)16-10-6-8(14)4-5-9(10)15/h4-6,16H,3H2,1-2H3. The Morgan fingerprint density at radius 1 is 1.55 bits per heavy atom. The van der Waals surface area contributed by atoms with Crippen LogP contribution in [-0.4, -0.2) is 16.9 Å². The van der Waals surface area contributed by atoms with Crippen LogP contribution in [0.25, 0.3) is 0 Å². The predicted molar refractivity (Wildman–Crippen MR) is 77.5 cm³/mol. The molecule has 4 nitrogen and oxygen atoms in total. The summed E-state index contributed by atoms with van der Waals surface area (Å²) in [6, 6.07) is 4.15. The molecule has 1 N–H and O–H groups in total. The van der Waals surface area contributed by atoms with Crippen LogP contribution in [0.3, 0.4) is 0 Å². The lowest BCUT2D eigenvalue weighted by Gasteiger charge is -2.08. The number of rotatable bonds is 4. The van der Waals surface area contributed by atoms with Gasteiger partial charge in [-0.05, 0) is 43.6 Å². The summed E-state index contributed by atoms with van der Waals surface area (Å²) in [5.74, 6) is -0.945. The van der Waals surface area contributed by atoms with Crippen LogP contribution < -0.4 is 5.32 Å². The molecule has 1 heterocycles. The molecule has 7 heteroatoms. The molecule has 2 rings (SSSR count). The molecule has 0 aliphatic rings. The van der Waals surface area contributed by atoms with E-state index >= 15 is 0 Å². The number of hydrogen-bond donors (Lipinski definition) is 1. The second kappa shape index (κ2) is 6.19. The van der Waals surface area contributed by atoms with Gasteiger partial charge in [0.15, 0.2) is 0 Å². The van der Waals surface area contributed by atoms with Gasteiger partial charge in [0.2, 0.25) is 0 Å². The van der Waals surface area contributed by atoms with Crippen molar-refractivity contribution in [3.63, 3.8) is 0 Å². The maximum atomic E-state index is 13.7. The molecule has 106 valence electrons. The quantitative estimate of drug-likeness (QED) is 0.861. The van der Waals surface area contributed by atoms with E-state index in [1.165, 1.54) is 18.2 Å². The maximum Gasteiger partial charge on any atom is 0.343 e. The van der Waals surface area contributed by atoms with Crippen molar-refractivity contribution in [2.24, 2.45) is 0 Å². The molecule has 2 aromatic rings. The number of halogens is 2. The highest BCUT2D eigenvalue weighted by Crippen LogP contribution is 2.30. The predicted octanol–water partition coefficient (Wildman–Crippen LogP) is 4.16. The Labute approximate surface area is 124 Å². The van der Waals surface area contributed by atoms with Crippen molar-refractivity contribution in [2.75, 3.05) is 11.9 Å².